The Kier molecular flexibility index (Phi) is 10.6. The van der Waals surface area contributed by atoms with Gasteiger partial charge in [0.1, 0.15) is 0 Å². The lowest BCUT2D eigenvalue weighted by molar-refractivity contribution is -0.293. The van der Waals surface area contributed by atoms with E-state index in [-0.39, 0.29) is 45.0 Å². The van der Waals surface area contributed by atoms with E-state index in [0.717, 1.165) is 70.6 Å². The summed E-state index contributed by atoms with van der Waals surface area (Å²) in [6.07, 6.45) is 18.5. The van der Waals surface area contributed by atoms with Gasteiger partial charge in [-0.3, -0.25) is 4.79 Å². The molecule has 2 bridgehead atoms. The van der Waals surface area contributed by atoms with Crippen molar-refractivity contribution in [1.82, 2.24) is 0 Å². The Hall–Kier alpha value is -1.47. The van der Waals surface area contributed by atoms with Crippen molar-refractivity contribution in [3.8, 4) is 0 Å². The summed E-state index contributed by atoms with van der Waals surface area (Å²) in [6.45, 7) is 15.0. The highest BCUT2D eigenvalue weighted by molar-refractivity contribution is 5.74. The van der Waals surface area contributed by atoms with Gasteiger partial charge in [-0.25, -0.2) is 0 Å². The van der Waals surface area contributed by atoms with E-state index in [1.54, 1.807) is 7.11 Å². The predicted octanol–water partition coefficient (Wildman–Crippen LogP) is 10.2. The minimum absolute atomic E-state index is 0.00921. The molecule has 7 rings (SSSR count). The fourth-order valence-corrected chi connectivity index (χ4v) is 15.6. The molecule has 53 heavy (non-hydrogen) atoms. The van der Waals surface area contributed by atoms with Crippen molar-refractivity contribution in [2.45, 2.75) is 182 Å². The van der Waals surface area contributed by atoms with Crippen LogP contribution in [-0.2, 0) is 27.1 Å². The molecule has 1 saturated heterocycles. The zero-order valence-electron chi connectivity index (χ0n) is 34.5. The lowest BCUT2D eigenvalue weighted by atomic mass is 9.28. The number of carboxylic acid groups (broad SMARTS) is 1. The minimum Gasteiger partial charge on any atom is -0.481 e. The van der Waals surface area contributed by atoms with Crippen LogP contribution < -0.4 is 0 Å². The maximum Gasteiger partial charge on any atom is 0.309 e. The van der Waals surface area contributed by atoms with Gasteiger partial charge in [0.05, 0.1) is 24.2 Å². The van der Waals surface area contributed by atoms with Gasteiger partial charge in [0.15, 0.2) is 5.79 Å². The van der Waals surface area contributed by atoms with Crippen LogP contribution in [-0.4, -0.2) is 53.0 Å². The second kappa shape index (κ2) is 14.2. The molecule has 1 aliphatic heterocycles. The molecule has 6 heteroatoms. The first-order valence-electron chi connectivity index (χ1n) is 22.0. The van der Waals surface area contributed by atoms with Crippen LogP contribution in [0.1, 0.15) is 162 Å². The van der Waals surface area contributed by atoms with E-state index in [9.17, 15) is 20.1 Å². The van der Waals surface area contributed by atoms with Gasteiger partial charge < -0.3 is 24.8 Å². The van der Waals surface area contributed by atoms with E-state index in [1.165, 1.54) is 56.1 Å². The Morgan fingerprint density at radius 1 is 0.868 bits per heavy atom. The molecule has 6 nitrogen and oxygen atoms in total. The van der Waals surface area contributed by atoms with E-state index in [2.05, 4.69) is 58.9 Å². The van der Waals surface area contributed by atoms with Gasteiger partial charge in [0.25, 0.3) is 0 Å². The number of carboxylic acids is 1. The van der Waals surface area contributed by atoms with Gasteiger partial charge >= 0.3 is 5.97 Å². The van der Waals surface area contributed by atoms with Crippen molar-refractivity contribution < 1.29 is 29.6 Å². The second-order valence-electron chi connectivity index (χ2n) is 20.7. The molecule has 0 aromatic heterocycles. The number of fused-ring (bicyclic) bond motifs is 7. The Bertz CT molecular complexity index is 1480. The fraction of sp³-hybridized carbons (Fsp3) is 0.851. The van der Waals surface area contributed by atoms with E-state index < -0.39 is 23.3 Å². The maximum absolute atomic E-state index is 12.9. The number of methoxy groups -OCH3 is 1. The number of aliphatic carboxylic acids is 1. The van der Waals surface area contributed by atoms with Gasteiger partial charge in [-0.15, -0.1) is 0 Å². The summed E-state index contributed by atoms with van der Waals surface area (Å²) < 4.78 is 12.3. The first-order valence-corrected chi connectivity index (χ1v) is 22.0. The number of unbranched alkanes of at least 4 members (excludes halogenated alkanes) is 3. The highest BCUT2D eigenvalue weighted by Gasteiger charge is 2.78. The summed E-state index contributed by atoms with van der Waals surface area (Å²) in [7, 11) is 1.75. The number of hydrogen-bond donors (Lipinski definition) is 3. The first-order chi connectivity index (χ1) is 25.1. The van der Waals surface area contributed by atoms with Crippen molar-refractivity contribution in [2.24, 2.45) is 56.2 Å². The van der Waals surface area contributed by atoms with Gasteiger partial charge in [-0.1, -0.05) is 91.0 Å². The highest BCUT2D eigenvalue weighted by atomic mass is 16.6. The second-order valence-corrected chi connectivity index (χ2v) is 20.7. The lowest BCUT2D eigenvalue weighted by Gasteiger charge is -2.76. The quantitative estimate of drug-likeness (QED) is 0.175. The SMILES string of the molecule is CCCCCC[C@@]12CC[C@@]3(C)[C@@H]4[C@@H](O)C[C@]5(O)O[C@@H](Cc6ccc(CCOC)cc6)[C@@]4(CC[C@@H]3[C@@]1(C)CC[C@@]1(C)CC[C@@](C)(C(=O)O)C[C@H]12)[C@H]5CCC. The number of rotatable bonds is 13. The molecule has 0 unspecified atom stereocenters. The monoisotopic (exact) mass is 735 g/mol. The lowest BCUT2D eigenvalue weighted by Crippen LogP contribution is -2.71. The first kappa shape index (κ1) is 39.8. The Balaban J connectivity index is 1.29. The summed E-state index contributed by atoms with van der Waals surface area (Å²) in [5.74, 6) is -1.000. The van der Waals surface area contributed by atoms with Crippen molar-refractivity contribution in [3.05, 3.63) is 35.4 Å². The standard InChI is InChI=1S/C47H74O6/c1-8-10-11-12-20-45-27-25-43(5)35(44(45,6)26-24-41(3)22-23-42(4,40(49)50)31-37(41)45)18-21-46-36(13-9-2)47(51,30-34(48)39(43)46)53-38(46)29-33-16-14-32(15-17-33)19-28-52-7/h14-17,34-39,48,51H,8-13,18-31H2,1-7H3,(H,49,50)/t34-,35-,36+,37+,38-,39-,41+,42+,43+,44+,45-,46+,47-/m0/s1. The average molecular weight is 735 g/mol. The molecule has 0 radical (unpaired) electrons. The number of benzene rings is 1. The summed E-state index contributed by atoms with van der Waals surface area (Å²) >= 11 is 0. The largest absolute Gasteiger partial charge is 0.481 e. The minimum atomic E-state index is -1.30. The van der Waals surface area contributed by atoms with Crippen molar-refractivity contribution in [3.63, 3.8) is 0 Å². The molecule has 6 aliphatic rings. The van der Waals surface area contributed by atoms with Crippen LogP contribution in [0.5, 0.6) is 0 Å². The van der Waals surface area contributed by atoms with Gasteiger partial charge in [-0.05, 0) is 141 Å². The molecular weight excluding hydrogens is 661 g/mol. The average Bonchev–Trinajstić information content (AvgIpc) is 3.26. The normalized spacial score (nSPS) is 47.3. The smallest absolute Gasteiger partial charge is 0.309 e. The molecule has 0 amide bonds. The third kappa shape index (κ3) is 5.94. The third-order valence-electron chi connectivity index (χ3n) is 18.2. The number of aliphatic hydroxyl groups excluding tert-OH is 1. The molecule has 1 heterocycles. The van der Waals surface area contributed by atoms with Crippen LogP contribution in [0.4, 0.5) is 0 Å². The molecule has 298 valence electrons. The van der Waals surface area contributed by atoms with Crippen molar-refractivity contribution >= 4 is 5.97 Å². The number of hydrogen-bond acceptors (Lipinski definition) is 5. The van der Waals surface area contributed by atoms with Crippen molar-refractivity contribution in [1.29, 1.82) is 0 Å². The zero-order chi connectivity index (χ0) is 38.1. The number of aliphatic hydroxyl groups is 2. The van der Waals surface area contributed by atoms with Crippen LogP contribution in [0.15, 0.2) is 24.3 Å². The summed E-state index contributed by atoms with van der Waals surface area (Å²) in [6, 6.07) is 8.92. The van der Waals surface area contributed by atoms with Gasteiger partial charge in [0, 0.05) is 24.9 Å². The molecule has 3 N–H and O–H groups in total. The Morgan fingerprint density at radius 2 is 1.58 bits per heavy atom. The van der Waals surface area contributed by atoms with E-state index >= 15 is 0 Å². The molecule has 13 atom stereocenters. The van der Waals surface area contributed by atoms with Crippen LogP contribution in [0, 0.1) is 56.2 Å². The molecule has 5 aliphatic carbocycles. The zero-order valence-corrected chi connectivity index (χ0v) is 34.5. The topological polar surface area (TPSA) is 96.2 Å². The van der Waals surface area contributed by atoms with Gasteiger partial charge in [-0.2, -0.15) is 0 Å². The molecule has 6 fully saturated rings. The molecular formula is C47H74O6. The maximum atomic E-state index is 12.9. The van der Waals surface area contributed by atoms with Crippen LogP contribution in [0.2, 0.25) is 0 Å². The highest BCUT2D eigenvalue weighted by Crippen LogP contribution is 2.81. The summed E-state index contributed by atoms with van der Waals surface area (Å²) in [5, 5.41) is 35.5. The molecule has 1 aromatic rings. The fourth-order valence-electron chi connectivity index (χ4n) is 15.6. The molecule has 1 spiro atoms. The van der Waals surface area contributed by atoms with E-state index in [0.29, 0.717) is 24.9 Å². The molecule has 1 aromatic carbocycles. The number of carbonyl (C=O) groups is 1. The summed E-state index contributed by atoms with van der Waals surface area (Å²) in [4.78, 5) is 12.9. The van der Waals surface area contributed by atoms with Crippen LogP contribution in [0.25, 0.3) is 0 Å². The Labute approximate surface area is 321 Å². The van der Waals surface area contributed by atoms with Crippen molar-refractivity contribution in [2.75, 3.05) is 13.7 Å². The third-order valence-corrected chi connectivity index (χ3v) is 18.2. The predicted molar refractivity (Wildman–Crippen MR) is 210 cm³/mol. The number of ether oxygens (including phenoxy) is 2. The van der Waals surface area contributed by atoms with Gasteiger partial charge in [0.2, 0.25) is 0 Å². The van der Waals surface area contributed by atoms with E-state index in [4.69, 9.17) is 9.47 Å². The Morgan fingerprint density at radius 3 is 2.26 bits per heavy atom. The van der Waals surface area contributed by atoms with Crippen LogP contribution >= 0.6 is 0 Å². The molecule has 5 saturated carbocycles. The van der Waals surface area contributed by atoms with E-state index in [1.807, 2.05) is 6.92 Å². The summed E-state index contributed by atoms with van der Waals surface area (Å²) in [5.41, 5.74) is 1.79. The van der Waals surface area contributed by atoms with Crippen LogP contribution in [0.3, 0.4) is 0 Å².